The van der Waals surface area contributed by atoms with Gasteiger partial charge in [-0.3, -0.25) is 0 Å². The lowest BCUT2D eigenvalue weighted by atomic mass is 10.2. The van der Waals surface area contributed by atoms with Gasteiger partial charge in [-0.25, -0.2) is 4.79 Å². The number of nitrogens with zero attached hydrogens (tertiary/aromatic N) is 3. The van der Waals surface area contributed by atoms with E-state index < -0.39 is 5.97 Å². The molecule has 0 saturated carbocycles. The first-order valence-corrected chi connectivity index (χ1v) is 9.63. The number of benzene rings is 2. The van der Waals surface area contributed by atoms with Crippen LogP contribution >= 0.6 is 35.0 Å². The van der Waals surface area contributed by atoms with E-state index in [4.69, 9.17) is 23.2 Å². The third-order valence-corrected chi connectivity index (χ3v) is 5.33. The summed E-state index contributed by atoms with van der Waals surface area (Å²) < 4.78 is 1.86. The number of rotatable bonds is 6. The van der Waals surface area contributed by atoms with Gasteiger partial charge < -0.3 is 9.67 Å². The Balaban J connectivity index is 1.97. The summed E-state index contributed by atoms with van der Waals surface area (Å²) in [6.45, 7) is 2.54. The monoisotopic (exact) mass is 419 g/mol. The number of thioether (sulfide) groups is 1. The molecule has 0 aliphatic heterocycles. The fourth-order valence-corrected chi connectivity index (χ4v) is 3.62. The lowest BCUT2D eigenvalue weighted by molar-refractivity contribution is -0.131. The maximum Gasteiger partial charge on any atom is 0.342 e. The predicted molar refractivity (Wildman–Crippen MR) is 109 cm³/mol. The molecule has 0 atom stereocenters. The van der Waals surface area contributed by atoms with Crippen LogP contribution in [-0.2, 0) is 11.3 Å². The summed E-state index contributed by atoms with van der Waals surface area (Å²) in [7, 11) is 0. The number of hydrogen-bond acceptors (Lipinski definition) is 4. The molecule has 1 aromatic heterocycles. The van der Waals surface area contributed by atoms with Crippen LogP contribution in [0, 0.1) is 0 Å². The highest BCUT2D eigenvalue weighted by molar-refractivity contribution is 8.04. The second-order valence-electron chi connectivity index (χ2n) is 5.49. The molecule has 3 rings (SSSR count). The van der Waals surface area contributed by atoms with E-state index in [2.05, 4.69) is 10.2 Å². The van der Waals surface area contributed by atoms with Crippen LogP contribution in [-0.4, -0.2) is 25.8 Å². The molecule has 1 heterocycles. The number of carbonyl (C=O) groups is 1. The zero-order chi connectivity index (χ0) is 19.4. The Labute approximate surface area is 170 Å². The van der Waals surface area contributed by atoms with Crippen LogP contribution in [0.5, 0.6) is 0 Å². The van der Waals surface area contributed by atoms with Crippen LogP contribution in [0.2, 0.25) is 10.0 Å². The van der Waals surface area contributed by atoms with Gasteiger partial charge in [0.05, 0.1) is 0 Å². The van der Waals surface area contributed by atoms with E-state index >= 15 is 0 Å². The van der Waals surface area contributed by atoms with Crippen LogP contribution in [0.1, 0.15) is 12.5 Å². The minimum absolute atomic E-state index is 0.104. The average molecular weight is 420 g/mol. The number of hydrogen-bond donors (Lipinski definition) is 1. The van der Waals surface area contributed by atoms with Gasteiger partial charge in [0.2, 0.25) is 0 Å². The van der Waals surface area contributed by atoms with Crippen LogP contribution in [0.25, 0.3) is 17.5 Å². The number of carboxylic acid groups (broad SMARTS) is 1. The highest BCUT2D eigenvalue weighted by Crippen LogP contribution is 2.31. The summed E-state index contributed by atoms with van der Waals surface area (Å²) in [6.07, 6.45) is 1.53. The summed E-state index contributed by atoms with van der Waals surface area (Å²) >= 11 is 13.1. The maximum atomic E-state index is 11.7. The summed E-state index contributed by atoms with van der Waals surface area (Å²) in [4.78, 5) is 11.8. The Bertz CT molecular complexity index is 1000. The van der Waals surface area contributed by atoms with Gasteiger partial charge in [0.15, 0.2) is 11.0 Å². The van der Waals surface area contributed by atoms with Crippen molar-refractivity contribution in [1.82, 2.24) is 14.8 Å². The normalized spacial score (nSPS) is 11.6. The standard InChI is InChI=1S/C19H15Cl2N3O2S/c1-2-24-17(12-7-9-14(20)10-8-12)22-23-19(24)27-16(18(25)26)11-13-5-3-4-6-15(13)21/h3-11H,2H2,1H3,(H,25,26)/b16-11-. The van der Waals surface area contributed by atoms with E-state index in [0.29, 0.717) is 33.1 Å². The Kier molecular flexibility index (Phi) is 6.21. The van der Waals surface area contributed by atoms with Crippen molar-refractivity contribution in [2.24, 2.45) is 0 Å². The first kappa shape index (κ1) is 19.5. The number of aromatic nitrogens is 3. The Hall–Kier alpha value is -2.28. The molecule has 0 aliphatic rings. The van der Waals surface area contributed by atoms with Crippen LogP contribution in [0.3, 0.4) is 0 Å². The topological polar surface area (TPSA) is 68.0 Å². The first-order valence-electron chi connectivity index (χ1n) is 8.06. The van der Waals surface area contributed by atoms with Gasteiger partial charge >= 0.3 is 5.97 Å². The lowest BCUT2D eigenvalue weighted by Crippen LogP contribution is -2.02. The van der Waals surface area contributed by atoms with Gasteiger partial charge in [0.1, 0.15) is 4.91 Å². The third kappa shape index (κ3) is 4.53. The molecule has 2 aromatic carbocycles. The van der Waals surface area contributed by atoms with E-state index in [1.807, 2.05) is 23.6 Å². The molecule has 0 bridgehead atoms. The van der Waals surface area contributed by atoms with Crippen molar-refractivity contribution in [3.8, 4) is 11.4 Å². The van der Waals surface area contributed by atoms with Gasteiger partial charge in [-0.2, -0.15) is 0 Å². The molecular formula is C19H15Cl2N3O2S. The van der Waals surface area contributed by atoms with E-state index in [1.165, 1.54) is 6.08 Å². The Morgan fingerprint density at radius 2 is 1.85 bits per heavy atom. The first-order chi connectivity index (χ1) is 13.0. The van der Waals surface area contributed by atoms with Crippen molar-refractivity contribution in [3.05, 3.63) is 69.0 Å². The van der Waals surface area contributed by atoms with Crippen LogP contribution < -0.4 is 0 Å². The van der Waals surface area contributed by atoms with Crippen molar-refractivity contribution < 1.29 is 9.90 Å². The Morgan fingerprint density at radius 3 is 2.48 bits per heavy atom. The van der Waals surface area contributed by atoms with E-state index in [1.54, 1.807) is 36.4 Å². The number of halogens is 2. The molecule has 0 radical (unpaired) electrons. The minimum Gasteiger partial charge on any atom is -0.477 e. The summed E-state index contributed by atoms with van der Waals surface area (Å²) in [6, 6.07) is 14.3. The highest BCUT2D eigenvalue weighted by Gasteiger charge is 2.18. The zero-order valence-corrected chi connectivity index (χ0v) is 16.6. The van der Waals surface area contributed by atoms with Gasteiger partial charge in [-0.05, 0) is 60.7 Å². The molecular weight excluding hydrogens is 405 g/mol. The second kappa shape index (κ2) is 8.61. The van der Waals surface area contributed by atoms with Gasteiger partial charge in [0.25, 0.3) is 0 Å². The second-order valence-corrected chi connectivity index (χ2v) is 7.35. The van der Waals surface area contributed by atoms with Gasteiger partial charge in [-0.15, -0.1) is 10.2 Å². The molecule has 5 nitrogen and oxygen atoms in total. The minimum atomic E-state index is -1.06. The molecule has 0 unspecified atom stereocenters. The van der Waals surface area contributed by atoms with Crippen molar-refractivity contribution in [2.75, 3.05) is 0 Å². The third-order valence-electron chi connectivity index (χ3n) is 3.74. The average Bonchev–Trinajstić information content (AvgIpc) is 3.06. The molecule has 1 N–H and O–H groups in total. The molecule has 0 amide bonds. The van der Waals surface area contributed by atoms with E-state index in [0.717, 1.165) is 17.3 Å². The predicted octanol–water partition coefficient (Wildman–Crippen LogP) is 5.49. The largest absolute Gasteiger partial charge is 0.477 e. The molecule has 0 aliphatic carbocycles. The van der Waals surface area contributed by atoms with Crippen molar-refractivity contribution in [2.45, 2.75) is 18.6 Å². The van der Waals surface area contributed by atoms with Gasteiger partial charge in [-0.1, -0.05) is 41.4 Å². The fraction of sp³-hybridized carbons (Fsp3) is 0.105. The molecule has 0 saturated heterocycles. The molecule has 8 heteroatoms. The van der Waals surface area contributed by atoms with Crippen LogP contribution in [0.15, 0.2) is 58.6 Å². The molecule has 138 valence electrons. The summed E-state index contributed by atoms with van der Waals surface area (Å²) in [5, 5.41) is 19.6. The number of carboxylic acids is 1. The van der Waals surface area contributed by atoms with Crippen molar-refractivity contribution in [1.29, 1.82) is 0 Å². The Morgan fingerprint density at radius 1 is 1.15 bits per heavy atom. The fourth-order valence-electron chi connectivity index (χ4n) is 2.43. The van der Waals surface area contributed by atoms with E-state index in [-0.39, 0.29) is 4.91 Å². The molecule has 0 fully saturated rings. The van der Waals surface area contributed by atoms with Crippen LogP contribution in [0.4, 0.5) is 0 Å². The van der Waals surface area contributed by atoms with E-state index in [9.17, 15) is 9.90 Å². The smallest absolute Gasteiger partial charge is 0.342 e. The molecule has 27 heavy (non-hydrogen) atoms. The van der Waals surface area contributed by atoms with Gasteiger partial charge in [0, 0.05) is 22.2 Å². The molecule has 0 spiro atoms. The summed E-state index contributed by atoms with van der Waals surface area (Å²) in [5.41, 5.74) is 1.48. The van der Waals surface area contributed by atoms with Crippen molar-refractivity contribution >= 4 is 47.0 Å². The van der Waals surface area contributed by atoms with Crippen molar-refractivity contribution in [3.63, 3.8) is 0 Å². The molecule has 3 aromatic rings. The number of aliphatic carboxylic acids is 1. The lowest BCUT2D eigenvalue weighted by Gasteiger charge is -2.08. The SMILES string of the molecule is CCn1c(S/C(=C\c2ccccc2Cl)C(=O)O)nnc1-c1ccc(Cl)cc1. The maximum absolute atomic E-state index is 11.7. The summed E-state index contributed by atoms with van der Waals surface area (Å²) in [5.74, 6) is -0.405. The quantitative estimate of drug-likeness (QED) is 0.422. The highest BCUT2D eigenvalue weighted by atomic mass is 35.5. The zero-order valence-electron chi connectivity index (χ0n) is 14.3.